The predicted molar refractivity (Wildman–Crippen MR) is 65.2 cm³/mol. The number of nitrogens with zero attached hydrogens (tertiary/aromatic N) is 2. The van der Waals surface area contributed by atoms with Crippen LogP contribution in [0.15, 0.2) is 24.3 Å². The van der Waals surface area contributed by atoms with E-state index in [9.17, 15) is 25.0 Å². The summed E-state index contributed by atoms with van der Waals surface area (Å²) in [6.07, 6.45) is 1.58. The molecular formula is C12H12N2O5. The van der Waals surface area contributed by atoms with Crippen LogP contribution in [0.2, 0.25) is 0 Å². The Morgan fingerprint density at radius 3 is 2.16 bits per heavy atom. The first-order valence-electron chi connectivity index (χ1n) is 5.91. The minimum absolute atomic E-state index is 0.148. The van der Waals surface area contributed by atoms with Crippen molar-refractivity contribution in [1.82, 2.24) is 0 Å². The van der Waals surface area contributed by atoms with Gasteiger partial charge in [0.1, 0.15) is 0 Å². The molecule has 0 bridgehead atoms. The maximum absolute atomic E-state index is 12.0. The standard InChI is InChI=1S/C12H12N2O5/c15-11-3-1-2-8-12(11,14(18)19)9-4-6-10(7-5-9)13(16)17/h4-7H,1-3,8H2. The summed E-state index contributed by atoms with van der Waals surface area (Å²) in [4.78, 5) is 32.8. The van der Waals surface area contributed by atoms with Crippen molar-refractivity contribution in [3.05, 3.63) is 50.1 Å². The van der Waals surface area contributed by atoms with Crippen LogP contribution in [0.1, 0.15) is 31.2 Å². The van der Waals surface area contributed by atoms with Crippen LogP contribution in [-0.2, 0) is 10.3 Å². The van der Waals surface area contributed by atoms with Crippen molar-refractivity contribution in [2.45, 2.75) is 31.2 Å². The van der Waals surface area contributed by atoms with Crippen molar-refractivity contribution >= 4 is 11.5 Å². The van der Waals surface area contributed by atoms with Crippen molar-refractivity contribution < 1.29 is 14.6 Å². The Balaban J connectivity index is 2.47. The van der Waals surface area contributed by atoms with E-state index in [0.29, 0.717) is 12.8 Å². The highest BCUT2D eigenvalue weighted by Crippen LogP contribution is 2.37. The lowest BCUT2D eigenvalue weighted by Gasteiger charge is -2.27. The first-order chi connectivity index (χ1) is 8.98. The van der Waals surface area contributed by atoms with Crippen LogP contribution in [0.3, 0.4) is 0 Å². The molecule has 0 spiro atoms. The summed E-state index contributed by atoms with van der Waals surface area (Å²) in [5, 5.41) is 21.9. The van der Waals surface area contributed by atoms with Gasteiger partial charge in [-0.1, -0.05) is 0 Å². The largest absolute Gasteiger partial charge is 0.304 e. The summed E-state index contributed by atoms with van der Waals surface area (Å²) in [5.74, 6) is -0.419. The third-order valence-electron chi connectivity index (χ3n) is 3.52. The Bertz CT molecular complexity index is 540. The minimum atomic E-state index is -1.73. The normalized spacial score (nSPS) is 23.1. The second-order valence-electron chi connectivity index (χ2n) is 4.55. The van der Waals surface area contributed by atoms with Crippen molar-refractivity contribution in [1.29, 1.82) is 0 Å². The number of nitro groups is 2. The van der Waals surface area contributed by atoms with Gasteiger partial charge >= 0.3 is 5.54 Å². The van der Waals surface area contributed by atoms with Crippen molar-refractivity contribution in [3.63, 3.8) is 0 Å². The van der Waals surface area contributed by atoms with Crippen LogP contribution in [0, 0.1) is 20.2 Å². The third-order valence-corrected chi connectivity index (χ3v) is 3.52. The Morgan fingerprint density at radius 1 is 1.05 bits per heavy atom. The van der Waals surface area contributed by atoms with Gasteiger partial charge in [0, 0.05) is 35.5 Å². The van der Waals surface area contributed by atoms with Crippen LogP contribution in [0.4, 0.5) is 5.69 Å². The lowest BCUT2D eigenvalue weighted by Crippen LogP contribution is -2.45. The van der Waals surface area contributed by atoms with E-state index in [1.54, 1.807) is 0 Å². The van der Waals surface area contributed by atoms with Gasteiger partial charge in [-0.25, -0.2) is 0 Å². The molecule has 0 aromatic heterocycles. The summed E-state index contributed by atoms with van der Waals surface area (Å²) in [6, 6.07) is 5.01. The number of carbonyl (C=O) groups is 1. The van der Waals surface area contributed by atoms with E-state index < -0.39 is 21.2 Å². The number of Topliss-reactive ketones (excluding diaryl/α,β-unsaturated/α-hetero) is 1. The lowest BCUT2D eigenvalue weighted by molar-refractivity contribution is -0.563. The number of nitro benzene ring substituents is 1. The van der Waals surface area contributed by atoms with E-state index in [2.05, 4.69) is 0 Å². The molecule has 1 saturated carbocycles. The Morgan fingerprint density at radius 2 is 1.68 bits per heavy atom. The summed E-state index contributed by atoms with van der Waals surface area (Å²) >= 11 is 0. The zero-order valence-corrected chi connectivity index (χ0v) is 10.1. The number of benzene rings is 1. The summed E-state index contributed by atoms with van der Waals surface area (Å²) < 4.78 is 0. The van der Waals surface area contributed by atoms with Crippen molar-refractivity contribution in [3.8, 4) is 0 Å². The molecule has 1 fully saturated rings. The second-order valence-corrected chi connectivity index (χ2v) is 4.55. The maximum Gasteiger partial charge on any atom is 0.304 e. The molecule has 1 atom stereocenters. The molecule has 2 rings (SSSR count). The van der Waals surface area contributed by atoms with Crippen LogP contribution >= 0.6 is 0 Å². The molecule has 1 unspecified atom stereocenters. The topological polar surface area (TPSA) is 103 Å². The monoisotopic (exact) mass is 264 g/mol. The van der Waals surface area contributed by atoms with Gasteiger partial charge < -0.3 is 0 Å². The van der Waals surface area contributed by atoms with E-state index >= 15 is 0 Å². The van der Waals surface area contributed by atoms with E-state index in [-0.39, 0.29) is 24.1 Å². The van der Waals surface area contributed by atoms with Gasteiger partial charge in [-0.15, -0.1) is 0 Å². The molecule has 0 amide bonds. The number of ketones is 1. The fraction of sp³-hybridized carbons (Fsp3) is 0.417. The Hall–Kier alpha value is -2.31. The van der Waals surface area contributed by atoms with E-state index in [1.165, 1.54) is 24.3 Å². The second kappa shape index (κ2) is 4.75. The van der Waals surface area contributed by atoms with Crippen LogP contribution in [0.25, 0.3) is 0 Å². The molecule has 0 N–H and O–H groups in total. The van der Waals surface area contributed by atoms with Gasteiger partial charge in [-0.3, -0.25) is 25.0 Å². The number of non-ortho nitro benzene ring substituents is 1. The molecule has 19 heavy (non-hydrogen) atoms. The number of carbonyl (C=O) groups excluding carboxylic acids is 1. The molecular weight excluding hydrogens is 252 g/mol. The van der Waals surface area contributed by atoms with Gasteiger partial charge in [0.05, 0.1) is 4.92 Å². The molecule has 0 heterocycles. The SMILES string of the molecule is O=C1CCCCC1(c1ccc([N+](=O)[O-])cc1)[N+](=O)[O-]. The maximum atomic E-state index is 12.0. The molecule has 1 aromatic rings. The molecule has 0 aliphatic heterocycles. The highest BCUT2D eigenvalue weighted by Gasteiger charge is 2.53. The molecule has 7 heteroatoms. The molecule has 7 nitrogen and oxygen atoms in total. The van der Waals surface area contributed by atoms with Gasteiger partial charge in [-0.2, -0.15) is 0 Å². The summed E-state index contributed by atoms with van der Waals surface area (Å²) in [7, 11) is 0. The molecule has 0 radical (unpaired) electrons. The van der Waals surface area contributed by atoms with E-state index in [4.69, 9.17) is 0 Å². The fourth-order valence-electron chi connectivity index (χ4n) is 2.48. The highest BCUT2D eigenvalue weighted by atomic mass is 16.6. The number of hydrogen-bond donors (Lipinski definition) is 0. The average Bonchev–Trinajstić information content (AvgIpc) is 2.39. The van der Waals surface area contributed by atoms with Gasteiger partial charge in [0.15, 0.2) is 0 Å². The van der Waals surface area contributed by atoms with Gasteiger partial charge in [-0.05, 0) is 25.0 Å². The van der Waals surface area contributed by atoms with Crippen LogP contribution in [0.5, 0.6) is 0 Å². The van der Waals surface area contributed by atoms with Crippen molar-refractivity contribution in [2.24, 2.45) is 0 Å². The quantitative estimate of drug-likeness (QED) is 0.615. The lowest BCUT2D eigenvalue weighted by atomic mass is 9.76. The first kappa shape index (κ1) is 13.1. The third kappa shape index (κ3) is 2.07. The average molecular weight is 264 g/mol. The van der Waals surface area contributed by atoms with E-state index in [1.807, 2.05) is 0 Å². The molecule has 100 valence electrons. The summed E-state index contributed by atoms with van der Waals surface area (Å²) in [5.41, 5.74) is -1.65. The van der Waals surface area contributed by atoms with Gasteiger partial charge in [0.25, 0.3) is 5.69 Å². The van der Waals surface area contributed by atoms with Crippen LogP contribution in [-0.4, -0.2) is 15.6 Å². The first-order valence-corrected chi connectivity index (χ1v) is 5.91. The highest BCUT2D eigenvalue weighted by molar-refractivity contribution is 5.89. The van der Waals surface area contributed by atoms with Crippen molar-refractivity contribution in [2.75, 3.05) is 0 Å². The fourth-order valence-corrected chi connectivity index (χ4v) is 2.48. The number of rotatable bonds is 3. The molecule has 1 aliphatic rings. The zero-order chi connectivity index (χ0) is 14.0. The van der Waals surface area contributed by atoms with Gasteiger partial charge in [0.2, 0.25) is 5.78 Å². The predicted octanol–water partition coefficient (Wildman–Crippen LogP) is 2.21. The Kier molecular flexibility index (Phi) is 3.28. The molecule has 0 saturated heterocycles. The molecule has 1 aromatic carbocycles. The number of hydrogen-bond acceptors (Lipinski definition) is 5. The van der Waals surface area contributed by atoms with E-state index in [0.717, 1.165) is 0 Å². The smallest absolute Gasteiger partial charge is 0.291 e. The summed E-state index contributed by atoms with van der Waals surface area (Å²) in [6.45, 7) is 0. The zero-order valence-electron chi connectivity index (χ0n) is 10.1. The van der Waals surface area contributed by atoms with Crippen LogP contribution < -0.4 is 0 Å². The Labute approximate surface area is 108 Å². The minimum Gasteiger partial charge on any atom is -0.291 e. The molecule has 1 aliphatic carbocycles.